The van der Waals surface area contributed by atoms with E-state index in [1.807, 2.05) is 0 Å². The molecule has 314 valence electrons. The van der Waals surface area contributed by atoms with Crippen LogP contribution in [0.25, 0.3) is 22.5 Å². The predicted octanol–water partition coefficient (Wildman–Crippen LogP) is 5.55. The predicted molar refractivity (Wildman–Crippen MR) is 205 cm³/mol. The van der Waals surface area contributed by atoms with Crippen molar-refractivity contribution in [2.45, 2.75) is 87.8 Å². The molecule has 3 amide bonds. The normalized spacial score (nSPS) is 20.3. The molecule has 2 fully saturated rings. The van der Waals surface area contributed by atoms with Gasteiger partial charge in [0.15, 0.2) is 5.82 Å². The number of hydrogen-bond acceptors (Lipinski definition) is 8. The van der Waals surface area contributed by atoms with Gasteiger partial charge in [0.25, 0.3) is 5.91 Å². The number of alkyl halides is 4. The second kappa shape index (κ2) is 18.0. The number of halogens is 5. The molecule has 8 N–H and O–H groups in total. The summed E-state index contributed by atoms with van der Waals surface area (Å²) in [5.74, 6) is -17.9. The Labute approximate surface area is 335 Å². The third kappa shape index (κ3) is 9.93. The summed E-state index contributed by atoms with van der Waals surface area (Å²) in [6, 6.07) is 15.5. The molecular formula is C41H44F5N7O6. The van der Waals surface area contributed by atoms with Gasteiger partial charge in [-0.1, -0.05) is 30.3 Å². The summed E-state index contributed by atoms with van der Waals surface area (Å²) in [7, 11) is 0. The van der Waals surface area contributed by atoms with Crippen LogP contribution in [0.5, 0.6) is 0 Å². The molecule has 0 radical (unpaired) electrons. The van der Waals surface area contributed by atoms with E-state index >= 15 is 4.39 Å². The van der Waals surface area contributed by atoms with Crippen LogP contribution in [0, 0.1) is 17.7 Å². The molecule has 2 aliphatic rings. The van der Waals surface area contributed by atoms with E-state index in [0.29, 0.717) is 67.7 Å². The molecule has 0 bridgehead atoms. The summed E-state index contributed by atoms with van der Waals surface area (Å²) in [5.41, 5.74) is 7.85. The smallest absolute Gasteiger partial charge is 0.411 e. The number of nitrogens with zero attached hydrogens (tertiary/aromatic N) is 2. The molecule has 0 saturated heterocycles. The number of amides is 3. The highest BCUT2D eigenvalue weighted by atomic mass is 19.3. The molecule has 1 heterocycles. The Morgan fingerprint density at radius 2 is 1.47 bits per heavy atom. The van der Waals surface area contributed by atoms with Crippen LogP contribution in [0.4, 0.5) is 27.6 Å². The number of carboxylic acids is 1. The van der Waals surface area contributed by atoms with Crippen molar-refractivity contribution < 1.29 is 51.3 Å². The number of aromatic amines is 1. The maximum atomic E-state index is 15.2. The highest BCUT2D eigenvalue weighted by Crippen LogP contribution is 2.42. The molecule has 1 aromatic heterocycles. The molecule has 3 aromatic carbocycles. The number of nitrogens with one attached hydrogen (secondary N) is 4. The lowest BCUT2D eigenvalue weighted by Gasteiger charge is -2.28. The zero-order valence-corrected chi connectivity index (χ0v) is 31.7. The van der Waals surface area contributed by atoms with Gasteiger partial charge in [0, 0.05) is 29.6 Å². The zero-order valence-electron chi connectivity index (χ0n) is 31.7. The van der Waals surface area contributed by atoms with Gasteiger partial charge in [-0.3, -0.25) is 19.5 Å². The highest BCUT2D eigenvalue weighted by Gasteiger charge is 2.65. The van der Waals surface area contributed by atoms with Crippen LogP contribution in [-0.4, -0.2) is 79.7 Å². The Balaban J connectivity index is 1.14. The van der Waals surface area contributed by atoms with Gasteiger partial charge in [0.1, 0.15) is 11.9 Å². The molecular weight excluding hydrogens is 781 g/mol. The molecule has 0 spiro atoms. The Morgan fingerprint density at radius 1 is 0.847 bits per heavy atom. The van der Waals surface area contributed by atoms with Crippen LogP contribution in [0.15, 0.2) is 66.7 Å². The number of nitrogens with two attached hydrogens (primary N) is 1. The Hall–Kier alpha value is -5.75. The van der Waals surface area contributed by atoms with Gasteiger partial charge in [-0.05, 0) is 117 Å². The van der Waals surface area contributed by atoms with Crippen molar-refractivity contribution >= 4 is 29.4 Å². The van der Waals surface area contributed by atoms with Crippen LogP contribution in [-0.2, 0) is 26.7 Å². The number of carbonyl (C=O) groups excluding carboxylic acids is 3. The van der Waals surface area contributed by atoms with Gasteiger partial charge in [0.05, 0.1) is 11.7 Å². The van der Waals surface area contributed by atoms with E-state index < -0.39 is 53.1 Å². The van der Waals surface area contributed by atoms with Crippen molar-refractivity contribution in [2.75, 3.05) is 11.9 Å². The van der Waals surface area contributed by atoms with Crippen molar-refractivity contribution in [3.8, 4) is 22.5 Å². The number of anilines is 1. The van der Waals surface area contributed by atoms with Crippen LogP contribution in [0.1, 0.15) is 73.1 Å². The Kier molecular flexibility index (Phi) is 13.1. The summed E-state index contributed by atoms with van der Waals surface area (Å²) in [5, 5.41) is 31.9. The summed E-state index contributed by atoms with van der Waals surface area (Å²) >= 11 is 0. The minimum absolute atomic E-state index is 0.0644. The first-order valence-corrected chi connectivity index (χ1v) is 19.3. The molecule has 1 unspecified atom stereocenters. The fourth-order valence-electron chi connectivity index (χ4n) is 7.34. The molecule has 2 aliphatic carbocycles. The lowest BCUT2D eigenvalue weighted by atomic mass is 9.81. The van der Waals surface area contributed by atoms with Crippen LogP contribution < -0.4 is 21.7 Å². The first kappa shape index (κ1) is 42.8. The number of carbonyl (C=O) groups is 4. The Bertz CT molecular complexity index is 2130. The number of carboxylic acid groups (broad SMARTS) is 1. The topological polar surface area (TPSA) is 212 Å². The molecule has 13 nitrogen and oxygen atoms in total. The first-order chi connectivity index (χ1) is 28.0. The van der Waals surface area contributed by atoms with Gasteiger partial charge in [-0.25, -0.2) is 14.2 Å². The van der Waals surface area contributed by atoms with E-state index in [1.165, 1.54) is 36.4 Å². The Morgan fingerprint density at radius 3 is 2.08 bits per heavy atom. The van der Waals surface area contributed by atoms with Crippen molar-refractivity contribution in [3.63, 3.8) is 0 Å². The standard InChI is InChI=1S/C41H44F5N7O6/c42-32-20-27(11-18-31(32)36(56)48-29-14-16-30(54)17-15-29)24-5-1-22(2-6-24)19-33(50-35(55)26-7-3-23(21-47)4-8-26)37(57)49-28-12-9-25(10-13-28)34-51-38(53-52-34)40(43,44)41(45,46)39(58)59/h1-2,5-6,9-13,18,20,23,26,29-30,33,54H,3-4,7-8,14-17,19,21,47H2,(H,48,56)(H,49,57)(H,50,55)(H,58,59)(H,51,52,53). The van der Waals surface area contributed by atoms with Gasteiger partial charge in [-0.15, -0.1) is 0 Å². The summed E-state index contributed by atoms with van der Waals surface area (Å²) in [6.45, 7) is 0.525. The number of aliphatic hydroxyl groups excluding tert-OH is 1. The third-order valence-electron chi connectivity index (χ3n) is 11.0. The van der Waals surface area contributed by atoms with E-state index in [4.69, 9.17) is 10.8 Å². The minimum Gasteiger partial charge on any atom is -0.477 e. The maximum Gasteiger partial charge on any atom is 0.411 e. The minimum atomic E-state index is -5.45. The molecule has 59 heavy (non-hydrogen) atoms. The SMILES string of the molecule is NCC1CCC(C(=O)NC(Cc2ccc(-c3ccc(C(=O)NC4CCC(O)CC4)c(F)c3)cc2)C(=O)Nc2ccc(-c3n[nH]c(C(F)(F)C(F)(F)C(=O)O)n3)cc2)CC1. The summed E-state index contributed by atoms with van der Waals surface area (Å²) < 4.78 is 71.0. The molecule has 1 atom stereocenters. The highest BCUT2D eigenvalue weighted by molar-refractivity contribution is 5.98. The molecule has 18 heteroatoms. The van der Waals surface area contributed by atoms with Crippen molar-refractivity contribution in [1.29, 1.82) is 0 Å². The van der Waals surface area contributed by atoms with Crippen molar-refractivity contribution in [3.05, 3.63) is 89.5 Å². The average molecular weight is 826 g/mol. The number of benzene rings is 3. The third-order valence-corrected chi connectivity index (χ3v) is 11.0. The van der Waals surface area contributed by atoms with Crippen molar-refractivity contribution in [1.82, 2.24) is 25.8 Å². The number of aliphatic carboxylic acids is 1. The largest absolute Gasteiger partial charge is 0.477 e. The van der Waals surface area contributed by atoms with Crippen LogP contribution in [0.2, 0.25) is 0 Å². The van der Waals surface area contributed by atoms with Gasteiger partial charge in [0.2, 0.25) is 17.6 Å². The van der Waals surface area contributed by atoms with E-state index in [2.05, 4.69) is 26.0 Å². The maximum absolute atomic E-state index is 15.2. The fraction of sp³-hybridized carbons (Fsp3) is 0.415. The average Bonchev–Trinajstić information content (AvgIpc) is 3.73. The second-order valence-corrected chi connectivity index (χ2v) is 15.1. The van der Waals surface area contributed by atoms with Crippen LogP contribution in [0.3, 0.4) is 0 Å². The van der Waals surface area contributed by atoms with Gasteiger partial charge in [-0.2, -0.15) is 22.7 Å². The van der Waals surface area contributed by atoms with Crippen molar-refractivity contribution in [2.24, 2.45) is 17.6 Å². The van der Waals surface area contributed by atoms with Gasteiger partial charge >= 0.3 is 17.8 Å². The number of aliphatic hydroxyl groups is 1. The molecule has 2 saturated carbocycles. The van der Waals surface area contributed by atoms with Crippen LogP contribution >= 0.6 is 0 Å². The lowest BCUT2D eigenvalue weighted by molar-refractivity contribution is -0.231. The first-order valence-electron chi connectivity index (χ1n) is 19.3. The molecule has 0 aliphatic heterocycles. The number of rotatable bonds is 14. The monoisotopic (exact) mass is 825 g/mol. The lowest BCUT2D eigenvalue weighted by Crippen LogP contribution is -2.48. The molecule has 6 rings (SSSR count). The fourth-order valence-corrected chi connectivity index (χ4v) is 7.34. The molecule has 4 aromatic rings. The number of aromatic nitrogens is 3. The zero-order chi connectivity index (χ0) is 42.5. The quantitative estimate of drug-likeness (QED) is 0.0793. The summed E-state index contributed by atoms with van der Waals surface area (Å²) in [4.78, 5) is 54.1. The van der Waals surface area contributed by atoms with E-state index in [1.54, 1.807) is 35.4 Å². The number of H-pyrrole nitrogens is 1. The van der Waals surface area contributed by atoms with Gasteiger partial charge < -0.3 is 31.9 Å². The number of hydrogen-bond donors (Lipinski definition) is 7. The summed E-state index contributed by atoms with van der Waals surface area (Å²) in [6.07, 6.45) is 4.84. The second-order valence-electron chi connectivity index (χ2n) is 15.1. The van der Waals surface area contributed by atoms with E-state index in [9.17, 15) is 41.8 Å². The van der Waals surface area contributed by atoms with E-state index in [-0.39, 0.29) is 47.2 Å². The van der Waals surface area contributed by atoms with E-state index in [0.717, 1.165) is 12.8 Å².